The molecule has 2 aromatic rings. The zero-order chi connectivity index (χ0) is 6.10. The van der Waals surface area contributed by atoms with Crippen molar-refractivity contribution in [2.24, 2.45) is 0 Å². The Morgan fingerprint density at radius 3 is 2.80 bits per heavy atom. The van der Waals surface area contributed by atoms with Crippen LogP contribution in [0.3, 0.4) is 0 Å². The normalized spacial score (nSPS) is 9.20. The second-order valence-electron chi connectivity index (χ2n) is 1.92. The van der Waals surface area contributed by atoms with Crippen LogP contribution in [-0.2, 0) is 0 Å². The number of aromatic amines is 1. The van der Waals surface area contributed by atoms with Gasteiger partial charge in [-0.1, -0.05) is 12.1 Å². The Labute approximate surface area is 89.1 Å². The molecule has 0 unspecified atom stereocenters. The maximum absolute atomic E-state index is 4.06. The number of nitrogens with one attached hydrogen (secondary N) is 1. The molecular formula is C7H6DyN2. The molecule has 1 aromatic heterocycles. The van der Waals surface area contributed by atoms with Gasteiger partial charge in [0.1, 0.15) is 0 Å². The van der Waals surface area contributed by atoms with Crippen LogP contribution >= 0.6 is 0 Å². The Bertz CT molecular complexity index is 286. The number of hydrogen-bond acceptors (Lipinski definition) is 1. The molecule has 0 spiro atoms. The van der Waals surface area contributed by atoms with E-state index in [1.807, 2.05) is 24.3 Å². The zero-order valence-corrected chi connectivity index (χ0v) is 7.18. The molecule has 0 atom stereocenters. The van der Waals surface area contributed by atoms with E-state index in [2.05, 4.69) is 9.97 Å². The van der Waals surface area contributed by atoms with Crippen LogP contribution in [0.5, 0.6) is 0 Å². The van der Waals surface area contributed by atoms with E-state index in [1.54, 1.807) is 6.33 Å². The number of para-hydroxylation sites is 2. The Kier molecular flexibility index (Phi) is 2.73. The molecule has 0 fully saturated rings. The number of aromatic nitrogens is 2. The summed E-state index contributed by atoms with van der Waals surface area (Å²) in [4.78, 5) is 7.07. The predicted octanol–water partition coefficient (Wildman–Crippen LogP) is 1.56. The van der Waals surface area contributed by atoms with Crippen molar-refractivity contribution >= 4 is 11.0 Å². The van der Waals surface area contributed by atoms with Crippen LogP contribution in [-0.4, -0.2) is 9.97 Å². The maximum atomic E-state index is 4.06. The smallest absolute Gasteiger partial charge is 0.0931 e. The van der Waals surface area contributed by atoms with Crippen molar-refractivity contribution in [2.75, 3.05) is 0 Å². The second-order valence-corrected chi connectivity index (χ2v) is 1.92. The molecule has 2 nitrogen and oxygen atoms in total. The summed E-state index contributed by atoms with van der Waals surface area (Å²) in [6.45, 7) is 0. The minimum absolute atomic E-state index is 0. The summed E-state index contributed by atoms with van der Waals surface area (Å²) in [5.74, 6) is 0. The van der Waals surface area contributed by atoms with Gasteiger partial charge in [-0.15, -0.1) is 0 Å². The number of benzene rings is 1. The average molecular weight is 281 g/mol. The van der Waals surface area contributed by atoms with Crippen molar-refractivity contribution in [1.29, 1.82) is 0 Å². The third kappa shape index (κ3) is 1.34. The number of imidazole rings is 1. The molecule has 10 heavy (non-hydrogen) atoms. The van der Waals surface area contributed by atoms with Crippen LogP contribution in [0.1, 0.15) is 0 Å². The Balaban J connectivity index is 0.000000500. The minimum Gasteiger partial charge on any atom is -0.345 e. The molecule has 0 aliphatic rings. The van der Waals surface area contributed by atoms with E-state index >= 15 is 0 Å². The van der Waals surface area contributed by atoms with Gasteiger partial charge < -0.3 is 4.98 Å². The van der Waals surface area contributed by atoms with Crippen LogP contribution in [0.25, 0.3) is 11.0 Å². The van der Waals surface area contributed by atoms with Crippen molar-refractivity contribution in [3.05, 3.63) is 30.6 Å². The van der Waals surface area contributed by atoms with E-state index in [0.29, 0.717) is 0 Å². The van der Waals surface area contributed by atoms with Crippen molar-refractivity contribution in [2.45, 2.75) is 0 Å². The molecule has 2 rings (SSSR count). The summed E-state index contributed by atoms with van der Waals surface area (Å²) in [6.07, 6.45) is 1.70. The molecule has 0 saturated carbocycles. The van der Waals surface area contributed by atoms with Gasteiger partial charge in [0.05, 0.1) is 17.4 Å². The third-order valence-corrected chi connectivity index (χ3v) is 1.33. The SMILES string of the molecule is [Dy].c1ccc2[nH]cnc2c1. The summed E-state index contributed by atoms with van der Waals surface area (Å²) in [5.41, 5.74) is 2.12. The van der Waals surface area contributed by atoms with Gasteiger partial charge in [0, 0.05) is 38.2 Å². The summed E-state index contributed by atoms with van der Waals surface area (Å²) in [6, 6.07) is 7.94. The fraction of sp³-hybridized carbons (Fsp3) is 0. The van der Waals surface area contributed by atoms with E-state index in [9.17, 15) is 0 Å². The van der Waals surface area contributed by atoms with E-state index < -0.39 is 0 Å². The average Bonchev–Trinajstić information content (AvgIpc) is 2.33. The van der Waals surface area contributed by atoms with Crippen LogP contribution in [0.2, 0.25) is 0 Å². The Morgan fingerprint density at radius 2 is 2.00 bits per heavy atom. The first-order valence-corrected chi connectivity index (χ1v) is 2.85. The van der Waals surface area contributed by atoms with Gasteiger partial charge in [0.25, 0.3) is 0 Å². The molecule has 1 N–H and O–H groups in total. The van der Waals surface area contributed by atoms with E-state index in [1.165, 1.54) is 0 Å². The molecule has 0 aliphatic heterocycles. The van der Waals surface area contributed by atoms with Gasteiger partial charge >= 0.3 is 0 Å². The fourth-order valence-electron chi connectivity index (χ4n) is 0.880. The molecule has 54 valence electrons. The van der Waals surface area contributed by atoms with Gasteiger partial charge in [-0.05, 0) is 12.1 Å². The van der Waals surface area contributed by atoms with Crippen molar-refractivity contribution in [3.8, 4) is 0 Å². The molecule has 0 bridgehead atoms. The predicted molar refractivity (Wildman–Crippen MR) is 36.1 cm³/mol. The van der Waals surface area contributed by atoms with Crippen LogP contribution < -0.4 is 0 Å². The molecule has 3 heteroatoms. The number of fused-ring (bicyclic) bond motifs is 1. The maximum Gasteiger partial charge on any atom is 0.0931 e. The van der Waals surface area contributed by atoms with Gasteiger partial charge in [0.2, 0.25) is 0 Å². The van der Waals surface area contributed by atoms with Crippen LogP contribution in [0, 0.1) is 38.2 Å². The van der Waals surface area contributed by atoms with Crippen molar-refractivity contribution in [3.63, 3.8) is 0 Å². The molecule has 0 radical (unpaired) electrons. The standard InChI is InChI=1S/C7H6N2.Dy/c1-2-4-7-6(3-1)8-5-9-7;/h1-5H,(H,8,9);. The zero-order valence-electron chi connectivity index (χ0n) is 5.15. The molecule has 0 aliphatic carbocycles. The van der Waals surface area contributed by atoms with Crippen LogP contribution in [0.4, 0.5) is 0 Å². The van der Waals surface area contributed by atoms with E-state index in [4.69, 9.17) is 0 Å². The Morgan fingerprint density at radius 1 is 1.20 bits per heavy atom. The molecule has 1 heterocycles. The number of hydrogen-bond donors (Lipinski definition) is 1. The van der Waals surface area contributed by atoms with Gasteiger partial charge in [0.15, 0.2) is 0 Å². The van der Waals surface area contributed by atoms with Gasteiger partial charge in [-0.2, -0.15) is 0 Å². The Hall–Kier alpha value is -0.0373. The first kappa shape index (κ1) is 8.06. The molecule has 0 amide bonds. The summed E-state index contributed by atoms with van der Waals surface area (Å²) in [7, 11) is 0. The van der Waals surface area contributed by atoms with Gasteiger partial charge in [-0.3, -0.25) is 0 Å². The number of H-pyrrole nitrogens is 1. The molecule has 1 aromatic carbocycles. The quantitative estimate of drug-likeness (QED) is 0.780. The van der Waals surface area contributed by atoms with Crippen LogP contribution in [0.15, 0.2) is 30.6 Å². The third-order valence-electron chi connectivity index (χ3n) is 1.33. The van der Waals surface area contributed by atoms with Crippen molar-refractivity contribution in [1.82, 2.24) is 9.97 Å². The number of rotatable bonds is 0. The monoisotopic (exact) mass is 282 g/mol. The van der Waals surface area contributed by atoms with E-state index in [0.717, 1.165) is 11.0 Å². The fourth-order valence-corrected chi connectivity index (χ4v) is 0.880. The summed E-state index contributed by atoms with van der Waals surface area (Å²) in [5, 5.41) is 0. The van der Waals surface area contributed by atoms with E-state index in [-0.39, 0.29) is 38.2 Å². The first-order chi connectivity index (χ1) is 4.47. The second kappa shape index (κ2) is 3.38. The largest absolute Gasteiger partial charge is 0.345 e. The molecule has 0 saturated heterocycles. The first-order valence-electron chi connectivity index (χ1n) is 2.85. The number of nitrogens with zero attached hydrogens (tertiary/aromatic N) is 1. The topological polar surface area (TPSA) is 28.7 Å². The summed E-state index contributed by atoms with van der Waals surface area (Å²) < 4.78 is 0. The van der Waals surface area contributed by atoms with Gasteiger partial charge in [-0.25, -0.2) is 4.98 Å². The summed E-state index contributed by atoms with van der Waals surface area (Å²) >= 11 is 0. The molecular weight excluding hydrogens is 275 g/mol. The minimum atomic E-state index is 0. The van der Waals surface area contributed by atoms with Crippen molar-refractivity contribution < 1.29 is 38.2 Å².